The Kier molecular flexibility index (Phi) is 4.47. The van der Waals surface area contributed by atoms with Gasteiger partial charge in [-0.05, 0) is 37.8 Å². The van der Waals surface area contributed by atoms with E-state index in [0.29, 0.717) is 4.90 Å². The summed E-state index contributed by atoms with van der Waals surface area (Å²) in [4.78, 5) is 0.322. The van der Waals surface area contributed by atoms with Crippen LogP contribution < -0.4 is 0 Å². The Hall–Kier alpha value is -0.870. The maximum atomic E-state index is 12.2. The van der Waals surface area contributed by atoms with Crippen molar-refractivity contribution in [2.45, 2.75) is 51.5 Å². The quantitative estimate of drug-likeness (QED) is 0.925. The molecule has 0 radical (unpaired) electrons. The van der Waals surface area contributed by atoms with Gasteiger partial charge in [0.05, 0.1) is 16.2 Å². The molecule has 108 valence electrons. The molecule has 1 aromatic carbocycles. The average Bonchev–Trinajstić information content (AvgIpc) is 2.26. The van der Waals surface area contributed by atoms with Gasteiger partial charge in [0, 0.05) is 0 Å². The second-order valence-electron chi connectivity index (χ2n) is 6.41. The molecule has 1 N–H and O–H groups in total. The van der Waals surface area contributed by atoms with Crippen LogP contribution in [0.25, 0.3) is 0 Å². The lowest BCUT2D eigenvalue weighted by Crippen LogP contribution is -2.41. The van der Waals surface area contributed by atoms with Crippen LogP contribution in [-0.2, 0) is 9.84 Å². The van der Waals surface area contributed by atoms with E-state index in [2.05, 4.69) is 0 Å². The molecule has 1 atom stereocenters. The fourth-order valence-corrected chi connectivity index (χ4v) is 3.02. The maximum absolute atomic E-state index is 12.2. The molecule has 19 heavy (non-hydrogen) atoms. The zero-order valence-corrected chi connectivity index (χ0v) is 13.2. The zero-order chi connectivity index (χ0) is 14.9. The second-order valence-corrected chi connectivity index (χ2v) is 8.51. The molecular formula is C15H24O3S. The van der Waals surface area contributed by atoms with Gasteiger partial charge in [-0.25, -0.2) is 8.42 Å². The van der Waals surface area contributed by atoms with Crippen molar-refractivity contribution in [2.75, 3.05) is 5.75 Å². The summed E-state index contributed by atoms with van der Waals surface area (Å²) in [5.74, 6) is -0.0413. The van der Waals surface area contributed by atoms with Crippen molar-refractivity contribution >= 4 is 9.84 Å². The van der Waals surface area contributed by atoms with Gasteiger partial charge in [0.15, 0.2) is 9.84 Å². The third kappa shape index (κ3) is 4.05. The Morgan fingerprint density at radius 1 is 1.05 bits per heavy atom. The molecule has 1 aromatic rings. The molecule has 4 heteroatoms. The molecule has 0 aliphatic rings. The number of hydrogen-bond donors (Lipinski definition) is 1. The third-order valence-corrected chi connectivity index (χ3v) is 5.59. The first-order valence-corrected chi connectivity index (χ1v) is 8.13. The van der Waals surface area contributed by atoms with Crippen LogP contribution in [0.4, 0.5) is 0 Å². The Morgan fingerprint density at radius 3 is 1.95 bits per heavy atom. The van der Waals surface area contributed by atoms with Crippen LogP contribution in [0.5, 0.6) is 0 Å². The number of sulfone groups is 1. The van der Waals surface area contributed by atoms with Gasteiger partial charge in [0.25, 0.3) is 0 Å². The largest absolute Gasteiger partial charge is 0.390 e. The molecule has 0 saturated heterocycles. The second kappa shape index (κ2) is 5.25. The van der Waals surface area contributed by atoms with E-state index < -0.39 is 15.4 Å². The lowest BCUT2D eigenvalue weighted by atomic mass is 9.76. The van der Waals surface area contributed by atoms with Crippen LogP contribution >= 0.6 is 0 Å². The first-order valence-electron chi connectivity index (χ1n) is 6.47. The molecule has 3 nitrogen and oxygen atoms in total. The smallest absolute Gasteiger partial charge is 0.178 e. The van der Waals surface area contributed by atoms with Crippen molar-refractivity contribution in [3.8, 4) is 0 Å². The SMILES string of the molecule is Cc1ccc(S(=O)(=O)CCC(C)(O)C(C)(C)C)cc1. The normalized spacial score (nSPS) is 16.1. The number of aliphatic hydroxyl groups is 1. The first-order chi connectivity index (χ1) is 8.46. The summed E-state index contributed by atoms with van der Waals surface area (Å²) in [5.41, 5.74) is -0.332. The Balaban J connectivity index is 2.85. The van der Waals surface area contributed by atoms with Crippen molar-refractivity contribution in [1.82, 2.24) is 0 Å². The van der Waals surface area contributed by atoms with Gasteiger partial charge in [0.1, 0.15) is 0 Å². The first kappa shape index (κ1) is 16.2. The fourth-order valence-electron chi connectivity index (χ4n) is 1.57. The molecule has 0 spiro atoms. The van der Waals surface area contributed by atoms with Gasteiger partial charge in [0.2, 0.25) is 0 Å². The summed E-state index contributed by atoms with van der Waals surface area (Å²) in [6, 6.07) is 6.82. The number of benzene rings is 1. The van der Waals surface area contributed by atoms with Crippen molar-refractivity contribution in [3.05, 3.63) is 29.8 Å². The standard InChI is InChI=1S/C15H24O3S/c1-12-6-8-13(9-7-12)19(17,18)11-10-15(5,16)14(2,3)4/h6-9,16H,10-11H2,1-5H3. The highest BCUT2D eigenvalue weighted by molar-refractivity contribution is 7.91. The summed E-state index contributed by atoms with van der Waals surface area (Å²) in [6.07, 6.45) is 0.229. The van der Waals surface area contributed by atoms with Gasteiger partial charge in [-0.3, -0.25) is 0 Å². The van der Waals surface area contributed by atoms with Crippen LogP contribution in [0.2, 0.25) is 0 Å². The summed E-state index contributed by atoms with van der Waals surface area (Å²) in [6.45, 7) is 9.33. The molecule has 1 rings (SSSR count). The Labute approximate surface area is 116 Å². The lowest BCUT2D eigenvalue weighted by molar-refractivity contribution is -0.0433. The summed E-state index contributed by atoms with van der Waals surface area (Å²) in [7, 11) is -3.33. The molecule has 0 amide bonds. The van der Waals surface area contributed by atoms with Gasteiger partial charge in [-0.2, -0.15) is 0 Å². The minimum atomic E-state index is -3.33. The molecule has 0 aliphatic heterocycles. The minimum absolute atomic E-state index is 0.0413. The maximum Gasteiger partial charge on any atom is 0.178 e. The van der Waals surface area contributed by atoms with Crippen LogP contribution in [0.15, 0.2) is 29.2 Å². The van der Waals surface area contributed by atoms with E-state index in [9.17, 15) is 13.5 Å². The van der Waals surface area contributed by atoms with E-state index in [0.717, 1.165) is 5.56 Å². The van der Waals surface area contributed by atoms with Crippen LogP contribution in [0, 0.1) is 12.3 Å². The predicted molar refractivity (Wildman–Crippen MR) is 77.9 cm³/mol. The monoisotopic (exact) mass is 284 g/mol. The summed E-state index contributed by atoms with van der Waals surface area (Å²) in [5, 5.41) is 10.3. The minimum Gasteiger partial charge on any atom is -0.390 e. The number of hydrogen-bond acceptors (Lipinski definition) is 3. The molecule has 0 aromatic heterocycles. The van der Waals surface area contributed by atoms with Gasteiger partial charge >= 0.3 is 0 Å². The highest BCUT2D eigenvalue weighted by Crippen LogP contribution is 2.33. The molecule has 0 aliphatic carbocycles. The van der Waals surface area contributed by atoms with Gasteiger partial charge in [-0.1, -0.05) is 38.5 Å². The van der Waals surface area contributed by atoms with Crippen molar-refractivity contribution < 1.29 is 13.5 Å². The summed E-state index contributed by atoms with van der Waals surface area (Å²) >= 11 is 0. The van der Waals surface area contributed by atoms with E-state index in [-0.39, 0.29) is 17.6 Å². The van der Waals surface area contributed by atoms with Crippen molar-refractivity contribution in [1.29, 1.82) is 0 Å². The van der Waals surface area contributed by atoms with Crippen molar-refractivity contribution in [3.63, 3.8) is 0 Å². The van der Waals surface area contributed by atoms with E-state index in [4.69, 9.17) is 0 Å². The van der Waals surface area contributed by atoms with E-state index in [1.54, 1.807) is 31.2 Å². The van der Waals surface area contributed by atoms with E-state index >= 15 is 0 Å². The van der Waals surface area contributed by atoms with Crippen LogP contribution in [0.1, 0.15) is 39.7 Å². The molecule has 0 bridgehead atoms. The van der Waals surface area contributed by atoms with E-state index in [1.165, 1.54) is 0 Å². The van der Waals surface area contributed by atoms with Crippen LogP contribution in [-0.4, -0.2) is 24.9 Å². The highest BCUT2D eigenvalue weighted by Gasteiger charge is 2.36. The topological polar surface area (TPSA) is 54.4 Å². The summed E-state index contributed by atoms with van der Waals surface area (Å²) < 4.78 is 24.4. The van der Waals surface area contributed by atoms with Gasteiger partial charge < -0.3 is 5.11 Å². The van der Waals surface area contributed by atoms with Gasteiger partial charge in [-0.15, -0.1) is 0 Å². The fraction of sp³-hybridized carbons (Fsp3) is 0.600. The molecule has 1 unspecified atom stereocenters. The van der Waals surface area contributed by atoms with Crippen LogP contribution in [0.3, 0.4) is 0 Å². The highest BCUT2D eigenvalue weighted by atomic mass is 32.2. The molecular weight excluding hydrogens is 260 g/mol. The number of aryl methyl sites for hydroxylation is 1. The zero-order valence-electron chi connectivity index (χ0n) is 12.4. The van der Waals surface area contributed by atoms with E-state index in [1.807, 2.05) is 27.7 Å². The molecule has 0 saturated carbocycles. The molecule has 0 heterocycles. The van der Waals surface area contributed by atoms with Crippen molar-refractivity contribution in [2.24, 2.45) is 5.41 Å². The third-order valence-electron chi connectivity index (χ3n) is 3.85. The Morgan fingerprint density at radius 2 is 1.53 bits per heavy atom. The predicted octanol–water partition coefficient (Wildman–Crippen LogP) is 2.96. The number of rotatable bonds is 4. The Bertz CT molecular complexity index is 520. The lowest BCUT2D eigenvalue weighted by Gasteiger charge is -2.37. The average molecular weight is 284 g/mol. The molecule has 0 fully saturated rings.